The van der Waals surface area contributed by atoms with Crippen molar-refractivity contribution < 1.29 is 4.74 Å². The van der Waals surface area contributed by atoms with Gasteiger partial charge in [0.05, 0.1) is 13.7 Å². The highest BCUT2D eigenvalue weighted by molar-refractivity contribution is 6.81. The van der Waals surface area contributed by atoms with Crippen LogP contribution in [-0.2, 0) is 4.74 Å². The SMILES string of the molecule is CC1=C(CCCCCCOC(C)(C)C)c2ccccc2C1[Si](C)(C)C1C(C(C)C)=Cc2ccccc21. The van der Waals surface area contributed by atoms with Crippen LogP contribution in [0.1, 0.15) is 107 Å². The largest absolute Gasteiger partial charge is 0.376 e. The van der Waals surface area contributed by atoms with E-state index in [1.165, 1.54) is 43.2 Å². The lowest BCUT2D eigenvalue weighted by atomic mass is 9.99. The van der Waals surface area contributed by atoms with Gasteiger partial charge in [-0.1, -0.05) is 106 Å². The Morgan fingerprint density at radius 2 is 1.47 bits per heavy atom. The molecule has 0 heterocycles. The first kappa shape index (κ1) is 27.1. The number of benzene rings is 2. The van der Waals surface area contributed by atoms with E-state index in [0.717, 1.165) is 6.61 Å². The van der Waals surface area contributed by atoms with Crippen LogP contribution in [0.15, 0.2) is 59.7 Å². The molecule has 2 aliphatic rings. The monoisotopic (exact) mass is 500 g/mol. The Labute approximate surface area is 222 Å². The van der Waals surface area contributed by atoms with Crippen LogP contribution in [0.5, 0.6) is 0 Å². The average Bonchev–Trinajstić information content (AvgIpc) is 3.34. The Hall–Kier alpha value is -1.90. The minimum atomic E-state index is -1.80. The van der Waals surface area contributed by atoms with Crippen molar-refractivity contribution in [3.8, 4) is 0 Å². The maximum Gasteiger partial charge on any atom is 0.0722 e. The van der Waals surface area contributed by atoms with Crippen molar-refractivity contribution in [2.45, 2.75) is 103 Å². The fraction of sp³-hybridized carbons (Fsp3) is 0.529. The smallest absolute Gasteiger partial charge is 0.0722 e. The van der Waals surface area contributed by atoms with Gasteiger partial charge in [-0.2, -0.15) is 0 Å². The van der Waals surface area contributed by atoms with Crippen LogP contribution in [0.2, 0.25) is 13.1 Å². The molecule has 0 bridgehead atoms. The molecule has 2 aliphatic carbocycles. The first-order chi connectivity index (χ1) is 17.0. The van der Waals surface area contributed by atoms with Crippen molar-refractivity contribution in [2.75, 3.05) is 6.61 Å². The van der Waals surface area contributed by atoms with Gasteiger partial charge in [-0.05, 0) is 80.7 Å². The summed E-state index contributed by atoms with van der Waals surface area (Å²) >= 11 is 0. The predicted octanol–water partition coefficient (Wildman–Crippen LogP) is 9.95. The molecule has 0 fully saturated rings. The maximum atomic E-state index is 5.91. The van der Waals surface area contributed by atoms with Gasteiger partial charge in [-0.25, -0.2) is 0 Å². The van der Waals surface area contributed by atoms with E-state index in [-0.39, 0.29) is 5.60 Å². The number of allylic oxidation sites excluding steroid dienone is 3. The fourth-order valence-corrected chi connectivity index (χ4v) is 11.9. The van der Waals surface area contributed by atoms with E-state index < -0.39 is 8.07 Å². The van der Waals surface area contributed by atoms with Crippen molar-refractivity contribution in [1.82, 2.24) is 0 Å². The molecule has 1 nitrogen and oxygen atoms in total. The summed E-state index contributed by atoms with van der Waals surface area (Å²) in [5.74, 6) is 0.580. The van der Waals surface area contributed by atoms with E-state index in [4.69, 9.17) is 4.74 Å². The van der Waals surface area contributed by atoms with Crippen molar-refractivity contribution in [2.24, 2.45) is 5.92 Å². The molecule has 0 spiro atoms. The molecule has 0 aromatic heterocycles. The molecule has 0 saturated heterocycles. The summed E-state index contributed by atoms with van der Waals surface area (Å²) in [6.07, 6.45) is 8.71. The summed E-state index contributed by atoms with van der Waals surface area (Å²) in [7, 11) is -1.80. The van der Waals surface area contributed by atoms with E-state index in [9.17, 15) is 0 Å². The zero-order valence-electron chi connectivity index (χ0n) is 24.1. The number of fused-ring (bicyclic) bond motifs is 2. The first-order valence-corrected chi connectivity index (χ1v) is 17.4. The minimum Gasteiger partial charge on any atom is -0.376 e. The standard InChI is InChI=1S/C34H48OSi/c1-24(2)31-23-26-17-12-13-19-28(26)33(31)36(7,8)32-25(3)27(29-20-14-15-21-30(29)32)18-11-9-10-16-22-35-34(4,5)6/h12-15,17,19-21,23-24,32-33H,9-11,16,18,22H2,1-8H3. The van der Waals surface area contributed by atoms with Gasteiger partial charge in [0.1, 0.15) is 0 Å². The summed E-state index contributed by atoms with van der Waals surface area (Å²) in [6.45, 7) is 19.9. The fourth-order valence-electron chi connectivity index (χ4n) is 6.91. The number of hydrogen-bond donors (Lipinski definition) is 0. The van der Waals surface area contributed by atoms with Gasteiger partial charge < -0.3 is 4.74 Å². The quantitative estimate of drug-likeness (QED) is 0.233. The number of hydrogen-bond acceptors (Lipinski definition) is 1. The molecule has 0 radical (unpaired) electrons. The van der Waals surface area contributed by atoms with Crippen LogP contribution in [0, 0.1) is 5.92 Å². The third-order valence-corrected chi connectivity index (χ3v) is 12.8. The third kappa shape index (κ3) is 5.50. The van der Waals surface area contributed by atoms with E-state index in [0.29, 0.717) is 17.0 Å². The molecule has 2 atom stereocenters. The molecule has 0 N–H and O–H groups in total. The van der Waals surface area contributed by atoms with Crippen LogP contribution in [0.3, 0.4) is 0 Å². The van der Waals surface area contributed by atoms with Crippen LogP contribution < -0.4 is 0 Å². The van der Waals surface area contributed by atoms with Gasteiger partial charge in [-0.15, -0.1) is 0 Å². The summed E-state index contributed by atoms with van der Waals surface area (Å²) in [6, 6.07) is 18.5. The summed E-state index contributed by atoms with van der Waals surface area (Å²) < 4.78 is 5.91. The summed E-state index contributed by atoms with van der Waals surface area (Å²) in [5.41, 5.74) is 12.3. The molecule has 0 aliphatic heterocycles. The van der Waals surface area contributed by atoms with Crippen molar-refractivity contribution in [3.63, 3.8) is 0 Å². The summed E-state index contributed by atoms with van der Waals surface area (Å²) in [4.78, 5) is 0. The molecule has 36 heavy (non-hydrogen) atoms. The second-order valence-corrected chi connectivity index (χ2v) is 17.8. The van der Waals surface area contributed by atoms with Gasteiger partial charge >= 0.3 is 0 Å². The minimum absolute atomic E-state index is 0.0222. The molecular weight excluding hydrogens is 452 g/mol. The van der Waals surface area contributed by atoms with Crippen molar-refractivity contribution in [1.29, 1.82) is 0 Å². The molecule has 2 unspecified atom stereocenters. The Balaban J connectivity index is 1.55. The van der Waals surface area contributed by atoms with Crippen LogP contribution in [0.4, 0.5) is 0 Å². The van der Waals surface area contributed by atoms with E-state index in [2.05, 4.69) is 109 Å². The Kier molecular flexibility index (Phi) is 8.17. The Bertz CT molecular complexity index is 1130. The molecule has 0 amide bonds. The lowest BCUT2D eigenvalue weighted by Gasteiger charge is -2.40. The van der Waals surface area contributed by atoms with Gasteiger partial charge in [-0.3, -0.25) is 0 Å². The lowest BCUT2D eigenvalue weighted by molar-refractivity contribution is -0.00473. The molecule has 194 valence electrons. The van der Waals surface area contributed by atoms with Crippen LogP contribution in [0.25, 0.3) is 11.6 Å². The number of rotatable bonds is 10. The van der Waals surface area contributed by atoms with E-state index in [1.807, 2.05) is 0 Å². The van der Waals surface area contributed by atoms with E-state index >= 15 is 0 Å². The second-order valence-electron chi connectivity index (χ2n) is 13.0. The zero-order chi connectivity index (χ0) is 26.1. The molecule has 2 aromatic rings. The molecule has 2 heteroatoms. The van der Waals surface area contributed by atoms with Gasteiger partial charge in [0.15, 0.2) is 0 Å². The predicted molar refractivity (Wildman–Crippen MR) is 160 cm³/mol. The number of unbranched alkanes of at least 4 members (excludes halogenated alkanes) is 3. The average molecular weight is 501 g/mol. The highest BCUT2D eigenvalue weighted by atomic mass is 28.3. The summed E-state index contributed by atoms with van der Waals surface area (Å²) in [5, 5.41) is 0. The molecule has 4 rings (SSSR count). The van der Waals surface area contributed by atoms with Crippen LogP contribution in [-0.4, -0.2) is 20.3 Å². The highest BCUT2D eigenvalue weighted by Crippen LogP contribution is 2.55. The van der Waals surface area contributed by atoms with Gasteiger partial charge in [0.25, 0.3) is 0 Å². The van der Waals surface area contributed by atoms with Gasteiger partial charge in [0.2, 0.25) is 0 Å². The first-order valence-electron chi connectivity index (χ1n) is 14.3. The van der Waals surface area contributed by atoms with E-state index in [1.54, 1.807) is 27.8 Å². The molecule has 2 aromatic carbocycles. The van der Waals surface area contributed by atoms with Crippen molar-refractivity contribution in [3.05, 3.63) is 81.9 Å². The Morgan fingerprint density at radius 1 is 0.833 bits per heavy atom. The highest BCUT2D eigenvalue weighted by Gasteiger charge is 2.48. The molecular formula is C34H48OSi. The zero-order valence-corrected chi connectivity index (χ0v) is 25.1. The Morgan fingerprint density at radius 3 is 2.17 bits per heavy atom. The maximum absolute atomic E-state index is 5.91. The third-order valence-electron chi connectivity index (χ3n) is 8.48. The van der Waals surface area contributed by atoms with Gasteiger partial charge in [0, 0.05) is 17.7 Å². The van der Waals surface area contributed by atoms with Crippen LogP contribution >= 0.6 is 0 Å². The van der Waals surface area contributed by atoms with Crippen molar-refractivity contribution >= 4 is 19.7 Å². The lowest BCUT2D eigenvalue weighted by Crippen LogP contribution is -2.43. The number of ether oxygens (including phenoxy) is 1. The topological polar surface area (TPSA) is 9.23 Å². The molecule has 0 saturated carbocycles. The normalized spacial score (nSPS) is 19.6. The second kappa shape index (κ2) is 10.8.